The Morgan fingerprint density at radius 1 is 1.39 bits per heavy atom. The quantitative estimate of drug-likeness (QED) is 0.883. The zero-order chi connectivity index (χ0) is 16.1. The number of piperidine rings is 1. The third-order valence-corrected chi connectivity index (χ3v) is 5.31. The molecule has 3 heterocycles. The van der Waals surface area contributed by atoms with Gasteiger partial charge in [0.15, 0.2) is 0 Å². The number of furan rings is 1. The lowest BCUT2D eigenvalue weighted by molar-refractivity contribution is 0.123. The Hall–Kier alpha value is -1.79. The van der Waals surface area contributed by atoms with Gasteiger partial charge in [-0.3, -0.25) is 4.90 Å². The Bertz CT molecular complexity index is 597. The minimum atomic E-state index is -0.139. The van der Waals surface area contributed by atoms with Crippen molar-refractivity contribution in [3.8, 4) is 0 Å². The number of amides is 2. The minimum absolute atomic E-state index is 0.139. The molecule has 2 amide bonds. The van der Waals surface area contributed by atoms with Gasteiger partial charge in [0, 0.05) is 17.5 Å². The van der Waals surface area contributed by atoms with Crippen LogP contribution in [0.2, 0.25) is 0 Å². The third kappa shape index (κ3) is 4.14. The van der Waals surface area contributed by atoms with Crippen LogP contribution in [0.15, 0.2) is 40.3 Å². The number of nitrogens with one attached hydrogen (secondary N) is 2. The number of carbonyl (C=O) groups excluding carboxylic acids is 1. The Morgan fingerprint density at radius 2 is 2.30 bits per heavy atom. The lowest BCUT2D eigenvalue weighted by Gasteiger charge is -2.38. The lowest BCUT2D eigenvalue weighted by atomic mass is 9.88. The van der Waals surface area contributed by atoms with Gasteiger partial charge in [0.05, 0.1) is 12.8 Å². The molecule has 23 heavy (non-hydrogen) atoms. The van der Waals surface area contributed by atoms with Crippen molar-refractivity contribution in [1.82, 2.24) is 15.5 Å². The van der Waals surface area contributed by atoms with Gasteiger partial charge in [0.1, 0.15) is 5.76 Å². The number of likely N-dealkylation sites (tertiary alicyclic amines) is 1. The summed E-state index contributed by atoms with van der Waals surface area (Å²) in [5, 5.41) is 7.97. The van der Waals surface area contributed by atoms with Crippen LogP contribution in [0.4, 0.5) is 4.79 Å². The molecule has 2 aromatic heterocycles. The lowest BCUT2D eigenvalue weighted by Crippen LogP contribution is -2.44. The molecule has 0 aliphatic carbocycles. The largest absolute Gasteiger partial charge is 0.467 e. The Balaban J connectivity index is 1.52. The fraction of sp³-hybridized carbons (Fsp3) is 0.471. The first-order chi connectivity index (χ1) is 11.2. The summed E-state index contributed by atoms with van der Waals surface area (Å²) in [5.74, 6) is 1.20. The molecule has 2 N–H and O–H groups in total. The van der Waals surface area contributed by atoms with Crippen LogP contribution in [0, 0.1) is 5.92 Å². The highest BCUT2D eigenvalue weighted by Gasteiger charge is 2.31. The predicted octanol–water partition coefficient (Wildman–Crippen LogP) is 3.22. The summed E-state index contributed by atoms with van der Waals surface area (Å²) in [7, 11) is 2.17. The summed E-state index contributed by atoms with van der Waals surface area (Å²) in [6.07, 6.45) is 3.93. The van der Waals surface area contributed by atoms with Gasteiger partial charge in [-0.15, -0.1) is 11.3 Å². The molecule has 0 saturated carbocycles. The van der Waals surface area contributed by atoms with E-state index in [1.807, 2.05) is 12.1 Å². The highest BCUT2D eigenvalue weighted by atomic mass is 32.1. The van der Waals surface area contributed by atoms with E-state index in [4.69, 9.17) is 4.42 Å². The predicted molar refractivity (Wildman–Crippen MR) is 91.4 cm³/mol. The average Bonchev–Trinajstić information content (AvgIpc) is 3.24. The first-order valence-corrected chi connectivity index (χ1v) is 8.89. The van der Waals surface area contributed by atoms with Crippen molar-refractivity contribution in [3.63, 3.8) is 0 Å². The molecule has 5 nitrogen and oxygen atoms in total. The van der Waals surface area contributed by atoms with Crippen LogP contribution < -0.4 is 10.6 Å². The van der Waals surface area contributed by atoms with Crippen molar-refractivity contribution in [3.05, 3.63) is 46.5 Å². The Labute approximate surface area is 140 Å². The van der Waals surface area contributed by atoms with Crippen LogP contribution in [-0.2, 0) is 6.54 Å². The smallest absolute Gasteiger partial charge is 0.315 e. The SMILES string of the molecule is CN1CCC[C@@H](CNC(=O)NCc2ccco2)[C@@H]1c1cccs1. The van der Waals surface area contributed by atoms with Gasteiger partial charge in [0.25, 0.3) is 0 Å². The molecular formula is C17H23N3O2S. The molecule has 3 rings (SSSR count). The number of urea groups is 1. The zero-order valence-corrected chi connectivity index (χ0v) is 14.1. The third-order valence-electron chi connectivity index (χ3n) is 4.37. The van der Waals surface area contributed by atoms with E-state index in [0.717, 1.165) is 18.7 Å². The van der Waals surface area contributed by atoms with Crippen LogP contribution in [0.1, 0.15) is 29.5 Å². The van der Waals surface area contributed by atoms with E-state index in [0.29, 0.717) is 25.0 Å². The molecule has 0 spiro atoms. The highest BCUT2D eigenvalue weighted by Crippen LogP contribution is 2.36. The van der Waals surface area contributed by atoms with E-state index in [1.165, 1.54) is 11.3 Å². The summed E-state index contributed by atoms with van der Waals surface area (Å²) < 4.78 is 5.21. The van der Waals surface area contributed by atoms with E-state index in [1.54, 1.807) is 17.6 Å². The standard InChI is InChI=1S/C17H23N3O2S/c1-20-8-2-5-13(16(20)15-7-4-10-23-15)11-18-17(21)19-12-14-6-3-9-22-14/h3-4,6-7,9-10,13,16H,2,5,8,11-12H2,1H3,(H2,18,19,21)/t13-,16+/m0/s1. The molecule has 0 aromatic carbocycles. The van der Waals surface area contributed by atoms with Crippen molar-refractivity contribution in [1.29, 1.82) is 0 Å². The van der Waals surface area contributed by atoms with Crippen molar-refractivity contribution < 1.29 is 9.21 Å². The fourth-order valence-electron chi connectivity index (χ4n) is 3.25. The van der Waals surface area contributed by atoms with Gasteiger partial charge in [-0.1, -0.05) is 6.07 Å². The fourth-order valence-corrected chi connectivity index (χ4v) is 4.23. The first-order valence-electron chi connectivity index (χ1n) is 8.02. The molecule has 1 aliphatic heterocycles. The van der Waals surface area contributed by atoms with Crippen molar-refractivity contribution in [2.45, 2.75) is 25.4 Å². The normalized spacial score (nSPS) is 22.0. The van der Waals surface area contributed by atoms with Gasteiger partial charge in [-0.05, 0) is 55.9 Å². The molecule has 2 aromatic rings. The van der Waals surface area contributed by atoms with Crippen LogP contribution >= 0.6 is 11.3 Å². The number of thiophene rings is 1. The summed E-state index contributed by atoms with van der Waals surface area (Å²) in [6.45, 7) is 2.22. The second-order valence-corrected chi connectivity index (χ2v) is 6.97. The topological polar surface area (TPSA) is 57.5 Å². The second-order valence-electron chi connectivity index (χ2n) is 5.99. The summed E-state index contributed by atoms with van der Waals surface area (Å²) >= 11 is 1.80. The molecule has 124 valence electrons. The molecule has 0 unspecified atom stereocenters. The van der Waals surface area contributed by atoms with E-state index in [9.17, 15) is 4.79 Å². The number of nitrogens with zero attached hydrogens (tertiary/aromatic N) is 1. The van der Waals surface area contributed by atoms with Crippen LogP contribution in [0.3, 0.4) is 0 Å². The van der Waals surface area contributed by atoms with Gasteiger partial charge in [0.2, 0.25) is 0 Å². The highest BCUT2D eigenvalue weighted by molar-refractivity contribution is 7.10. The van der Waals surface area contributed by atoms with Gasteiger partial charge >= 0.3 is 6.03 Å². The molecule has 1 saturated heterocycles. The molecule has 1 aliphatic rings. The second kappa shape index (κ2) is 7.66. The minimum Gasteiger partial charge on any atom is -0.467 e. The Kier molecular flexibility index (Phi) is 5.35. The number of hydrogen-bond donors (Lipinski definition) is 2. The van der Waals surface area contributed by atoms with Crippen LogP contribution in [0.5, 0.6) is 0 Å². The molecule has 0 bridgehead atoms. The molecular weight excluding hydrogens is 310 g/mol. The maximum atomic E-state index is 12.0. The van der Waals surface area contributed by atoms with Crippen LogP contribution in [-0.4, -0.2) is 31.1 Å². The van der Waals surface area contributed by atoms with Gasteiger partial charge < -0.3 is 15.1 Å². The molecule has 6 heteroatoms. The van der Waals surface area contributed by atoms with Crippen molar-refractivity contribution >= 4 is 17.4 Å². The summed E-state index contributed by atoms with van der Waals surface area (Å²) in [5.41, 5.74) is 0. The summed E-state index contributed by atoms with van der Waals surface area (Å²) in [6, 6.07) is 8.22. The van der Waals surface area contributed by atoms with E-state index >= 15 is 0 Å². The number of rotatable bonds is 5. The molecule has 2 atom stereocenters. The summed E-state index contributed by atoms with van der Waals surface area (Å²) in [4.78, 5) is 15.8. The Morgan fingerprint density at radius 3 is 3.04 bits per heavy atom. The number of hydrogen-bond acceptors (Lipinski definition) is 4. The number of carbonyl (C=O) groups is 1. The van der Waals surface area contributed by atoms with E-state index < -0.39 is 0 Å². The van der Waals surface area contributed by atoms with Crippen molar-refractivity contribution in [2.75, 3.05) is 20.1 Å². The van der Waals surface area contributed by atoms with E-state index in [2.05, 4.69) is 40.1 Å². The van der Waals surface area contributed by atoms with Gasteiger partial charge in [-0.25, -0.2) is 4.79 Å². The van der Waals surface area contributed by atoms with Crippen LogP contribution in [0.25, 0.3) is 0 Å². The maximum absolute atomic E-state index is 12.0. The zero-order valence-electron chi connectivity index (χ0n) is 13.3. The van der Waals surface area contributed by atoms with Gasteiger partial charge in [-0.2, -0.15) is 0 Å². The molecule has 1 fully saturated rings. The van der Waals surface area contributed by atoms with Crippen molar-refractivity contribution in [2.24, 2.45) is 5.92 Å². The first kappa shape index (κ1) is 16.1. The monoisotopic (exact) mass is 333 g/mol. The van der Waals surface area contributed by atoms with E-state index in [-0.39, 0.29) is 6.03 Å². The molecule has 0 radical (unpaired) electrons. The maximum Gasteiger partial charge on any atom is 0.315 e. The average molecular weight is 333 g/mol.